The zero-order valence-electron chi connectivity index (χ0n) is 13.1. The van der Waals surface area contributed by atoms with Crippen LogP contribution in [0.4, 0.5) is 5.69 Å². The Morgan fingerprint density at radius 2 is 2.04 bits per heavy atom. The Balaban J connectivity index is 2.42. The Morgan fingerprint density at radius 3 is 2.65 bits per heavy atom. The van der Waals surface area contributed by atoms with E-state index in [0.29, 0.717) is 24.9 Å². The minimum atomic E-state index is -3.91. The number of rotatable bonds is 5. The quantitative estimate of drug-likeness (QED) is 0.844. The van der Waals surface area contributed by atoms with Crippen molar-refractivity contribution in [2.24, 2.45) is 0 Å². The Bertz CT molecular complexity index is 727. The third-order valence-corrected chi connectivity index (χ3v) is 5.69. The summed E-state index contributed by atoms with van der Waals surface area (Å²) in [7, 11) is -3.91. The number of nitrogens with one attached hydrogen (secondary N) is 1. The standard InChI is InChI=1S/C15H20N2O5S/c1-10(2)17(9-15(19)20)23(21,22)12-6-7-13-11(8-12)4-3-5-14(18)16-13/h6-8,10H,3-5,9H2,1-2H3,(H,16,18)(H,19,20). The third kappa shape index (κ3) is 3.89. The number of sulfonamides is 1. The monoisotopic (exact) mass is 340 g/mol. The molecule has 2 N–H and O–H groups in total. The van der Waals surface area contributed by atoms with Crippen LogP contribution in [0.25, 0.3) is 0 Å². The summed E-state index contributed by atoms with van der Waals surface area (Å²) in [6, 6.07) is 4.00. The van der Waals surface area contributed by atoms with Gasteiger partial charge in [0.05, 0.1) is 4.90 Å². The van der Waals surface area contributed by atoms with Crippen molar-refractivity contribution in [2.75, 3.05) is 11.9 Å². The van der Waals surface area contributed by atoms with Gasteiger partial charge in [0.1, 0.15) is 6.54 Å². The van der Waals surface area contributed by atoms with E-state index in [2.05, 4.69) is 5.32 Å². The summed E-state index contributed by atoms with van der Waals surface area (Å²) in [4.78, 5) is 22.5. The molecule has 0 radical (unpaired) electrons. The largest absolute Gasteiger partial charge is 0.480 e. The maximum absolute atomic E-state index is 12.7. The summed E-state index contributed by atoms with van der Waals surface area (Å²) < 4.78 is 26.4. The number of carboxylic acids is 1. The second-order valence-electron chi connectivity index (χ2n) is 5.76. The predicted molar refractivity (Wildman–Crippen MR) is 84.7 cm³/mol. The lowest BCUT2D eigenvalue weighted by Crippen LogP contribution is -2.40. The lowest BCUT2D eigenvalue weighted by Gasteiger charge is -2.24. The Labute approximate surface area is 135 Å². The van der Waals surface area contributed by atoms with Gasteiger partial charge in [0, 0.05) is 18.2 Å². The molecule has 1 aliphatic rings. The highest BCUT2D eigenvalue weighted by Crippen LogP contribution is 2.27. The second-order valence-corrected chi connectivity index (χ2v) is 7.65. The van der Waals surface area contributed by atoms with Crippen LogP contribution in [0.5, 0.6) is 0 Å². The Morgan fingerprint density at radius 1 is 1.35 bits per heavy atom. The van der Waals surface area contributed by atoms with E-state index < -0.39 is 28.6 Å². The van der Waals surface area contributed by atoms with Crippen molar-refractivity contribution in [3.8, 4) is 0 Å². The van der Waals surface area contributed by atoms with Gasteiger partial charge in [-0.1, -0.05) is 0 Å². The summed E-state index contributed by atoms with van der Waals surface area (Å²) in [5.41, 5.74) is 1.36. The number of anilines is 1. The predicted octanol–water partition coefficient (Wildman–Crippen LogP) is 1.45. The van der Waals surface area contributed by atoms with Gasteiger partial charge in [-0.25, -0.2) is 8.42 Å². The van der Waals surface area contributed by atoms with Crippen LogP contribution in [0.2, 0.25) is 0 Å². The molecule has 8 heteroatoms. The van der Waals surface area contributed by atoms with Gasteiger partial charge >= 0.3 is 5.97 Å². The summed E-state index contributed by atoms with van der Waals surface area (Å²) >= 11 is 0. The SMILES string of the molecule is CC(C)N(CC(=O)O)S(=O)(=O)c1ccc2c(c1)CCCC(=O)N2. The first-order chi connectivity index (χ1) is 10.7. The van der Waals surface area contributed by atoms with E-state index in [0.717, 1.165) is 9.87 Å². The molecule has 126 valence electrons. The zero-order valence-corrected chi connectivity index (χ0v) is 13.9. The van der Waals surface area contributed by atoms with Crippen LogP contribution >= 0.6 is 0 Å². The van der Waals surface area contributed by atoms with Gasteiger partial charge in [-0.15, -0.1) is 0 Å². The highest BCUT2D eigenvalue weighted by molar-refractivity contribution is 7.89. The molecule has 0 saturated heterocycles. The lowest BCUT2D eigenvalue weighted by atomic mass is 10.1. The molecule has 23 heavy (non-hydrogen) atoms. The Kier molecular flexibility index (Phi) is 5.06. The van der Waals surface area contributed by atoms with Crippen LogP contribution < -0.4 is 5.32 Å². The first-order valence-electron chi connectivity index (χ1n) is 7.38. The molecular weight excluding hydrogens is 320 g/mol. The van der Waals surface area contributed by atoms with Gasteiger partial charge in [-0.3, -0.25) is 9.59 Å². The van der Waals surface area contributed by atoms with E-state index in [1.165, 1.54) is 12.1 Å². The number of carbonyl (C=O) groups excluding carboxylic acids is 1. The molecule has 1 aromatic rings. The van der Waals surface area contributed by atoms with E-state index in [9.17, 15) is 18.0 Å². The molecule has 1 heterocycles. The average molecular weight is 340 g/mol. The first kappa shape index (κ1) is 17.4. The smallest absolute Gasteiger partial charge is 0.318 e. The first-order valence-corrected chi connectivity index (χ1v) is 8.82. The minimum absolute atomic E-state index is 0.0438. The van der Waals surface area contributed by atoms with Gasteiger partial charge in [-0.05, 0) is 50.5 Å². The topological polar surface area (TPSA) is 104 Å². The van der Waals surface area contributed by atoms with Crippen LogP contribution in [0.1, 0.15) is 32.3 Å². The number of fused-ring (bicyclic) bond motifs is 1. The fourth-order valence-corrected chi connectivity index (χ4v) is 4.16. The molecule has 1 amide bonds. The molecule has 0 unspecified atom stereocenters. The Hall–Kier alpha value is -1.93. The van der Waals surface area contributed by atoms with Crippen LogP contribution in [0.15, 0.2) is 23.1 Å². The molecule has 0 aliphatic carbocycles. The molecule has 0 atom stereocenters. The molecule has 2 rings (SSSR count). The molecule has 0 spiro atoms. The molecular formula is C15H20N2O5S. The van der Waals surface area contributed by atoms with Gasteiger partial charge in [0.25, 0.3) is 0 Å². The van der Waals surface area contributed by atoms with Crippen molar-refractivity contribution in [1.29, 1.82) is 0 Å². The number of aryl methyl sites for hydroxylation is 1. The fourth-order valence-electron chi connectivity index (χ4n) is 2.53. The summed E-state index contributed by atoms with van der Waals surface area (Å²) in [5.74, 6) is -1.29. The number of nitrogens with zero attached hydrogens (tertiary/aromatic N) is 1. The van der Waals surface area contributed by atoms with E-state index >= 15 is 0 Å². The maximum Gasteiger partial charge on any atom is 0.318 e. The van der Waals surface area contributed by atoms with E-state index in [1.54, 1.807) is 19.9 Å². The fraction of sp³-hybridized carbons (Fsp3) is 0.467. The number of hydrogen-bond donors (Lipinski definition) is 2. The highest BCUT2D eigenvalue weighted by Gasteiger charge is 2.29. The summed E-state index contributed by atoms with van der Waals surface area (Å²) in [5, 5.41) is 11.7. The molecule has 0 fully saturated rings. The van der Waals surface area contributed by atoms with Gasteiger partial charge in [0.15, 0.2) is 0 Å². The molecule has 0 aromatic heterocycles. The molecule has 1 aromatic carbocycles. The number of aliphatic carboxylic acids is 1. The van der Waals surface area contributed by atoms with Crippen LogP contribution in [-0.4, -0.2) is 42.3 Å². The van der Waals surface area contributed by atoms with Crippen molar-refractivity contribution in [2.45, 2.75) is 44.0 Å². The number of hydrogen-bond acceptors (Lipinski definition) is 4. The zero-order chi connectivity index (χ0) is 17.2. The number of amides is 1. The van der Waals surface area contributed by atoms with Gasteiger partial charge in [-0.2, -0.15) is 4.31 Å². The molecule has 0 bridgehead atoms. The van der Waals surface area contributed by atoms with Crippen molar-refractivity contribution in [1.82, 2.24) is 4.31 Å². The minimum Gasteiger partial charge on any atom is -0.480 e. The van der Waals surface area contributed by atoms with E-state index in [4.69, 9.17) is 5.11 Å². The van der Waals surface area contributed by atoms with Crippen molar-refractivity contribution < 1.29 is 23.1 Å². The van der Waals surface area contributed by atoms with Crippen LogP contribution in [-0.2, 0) is 26.0 Å². The molecule has 0 saturated carbocycles. The third-order valence-electron chi connectivity index (χ3n) is 3.67. The van der Waals surface area contributed by atoms with Crippen molar-refractivity contribution in [3.63, 3.8) is 0 Å². The maximum atomic E-state index is 12.7. The number of carboxylic acid groups (broad SMARTS) is 1. The summed E-state index contributed by atoms with van der Waals surface area (Å²) in [6.07, 6.45) is 1.64. The number of carbonyl (C=O) groups is 2. The summed E-state index contributed by atoms with van der Waals surface area (Å²) in [6.45, 7) is 2.67. The van der Waals surface area contributed by atoms with E-state index in [-0.39, 0.29) is 10.8 Å². The lowest BCUT2D eigenvalue weighted by molar-refractivity contribution is -0.137. The molecule has 7 nitrogen and oxygen atoms in total. The van der Waals surface area contributed by atoms with Crippen LogP contribution in [0, 0.1) is 0 Å². The van der Waals surface area contributed by atoms with Crippen molar-refractivity contribution >= 4 is 27.6 Å². The van der Waals surface area contributed by atoms with E-state index in [1.807, 2.05) is 0 Å². The normalized spacial score (nSPS) is 15.2. The second kappa shape index (κ2) is 6.67. The highest BCUT2D eigenvalue weighted by atomic mass is 32.2. The average Bonchev–Trinajstić information content (AvgIpc) is 2.63. The van der Waals surface area contributed by atoms with Crippen molar-refractivity contribution in [3.05, 3.63) is 23.8 Å². The number of benzene rings is 1. The van der Waals surface area contributed by atoms with Gasteiger partial charge in [0.2, 0.25) is 15.9 Å². The van der Waals surface area contributed by atoms with Gasteiger partial charge < -0.3 is 10.4 Å². The molecule has 1 aliphatic heterocycles. The van der Waals surface area contributed by atoms with Crippen LogP contribution in [0.3, 0.4) is 0 Å².